The summed E-state index contributed by atoms with van der Waals surface area (Å²) in [6.07, 6.45) is -1.50. The summed E-state index contributed by atoms with van der Waals surface area (Å²) in [6.45, 7) is 7.88. The van der Waals surface area contributed by atoms with Crippen molar-refractivity contribution in [3.8, 4) is 11.5 Å². The van der Waals surface area contributed by atoms with Crippen LogP contribution in [0.25, 0.3) is 0 Å². The van der Waals surface area contributed by atoms with Crippen molar-refractivity contribution in [2.45, 2.75) is 51.6 Å². The Kier molecular flexibility index (Phi) is 7.76. The van der Waals surface area contributed by atoms with Gasteiger partial charge in [0.1, 0.15) is 11.5 Å². The van der Waals surface area contributed by atoms with Crippen LogP contribution in [-0.4, -0.2) is 39.6 Å². The summed E-state index contributed by atoms with van der Waals surface area (Å²) in [5.41, 5.74) is -0.0382. The second-order valence-electron chi connectivity index (χ2n) is 9.42. The van der Waals surface area contributed by atoms with E-state index in [0.29, 0.717) is 24.8 Å². The van der Waals surface area contributed by atoms with Crippen LogP contribution in [0.15, 0.2) is 67.0 Å². The zero-order valence-corrected chi connectivity index (χ0v) is 20.4. The summed E-state index contributed by atoms with van der Waals surface area (Å²) < 4.78 is 47.0. The van der Waals surface area contributed by atoms with Crippen LogP contribution in [0.3, 0.4) is 0 Å². The third kappa shape index (κ3) is 7.34. The van der Waals surface area contributed by atoms with Crippen LogP contribution in [0.1, 0.15) is 38.8 Å². The van der Waals surface area contributed by atoms with Gasteiger partial charge in [-0.15, -0.1) is 13.2 Å². The molecule has 1 aromatic heterocycles. The molecule has 0 saturated heterocycles. The average molecular weight is 504 g/mol. The predicted octanol–water partition coefficient (Wildman–Crippen LogP) is 5.60. The molecule has 0 atom stereocenters. The van der Waals surface area contributed by atoms with Crippen LogP contribution in [0.5, 0.6) is 11.5 Å². The summed E-state index contributed by atoms with van der Waals surface area (Å²) in [4.78, 5) is 22.0. The molecule has 36 heavy (non-hydrogen) atoms. The van der Waals surface area contributed by atoms with Gasteiger partial charge in [-0.2, -0.15) is 0 Å². The number of alkyl halides is 3. The van der Waals surface area contributed by atoms with Gasteiger partial charge in [-0.05, 0) is 55.3 Å². The standard InChI is InChI=1S/C26H28F3N3O4/c1-24(2,19-8-12-20(13-9-19)35-25(3,4)22(33)34)17-32(23-30-14-5-15-31-23)16-18-6-10-21(11-7-18)36-26(27,28)29/h5-15H,16-17H2,1-4H3,(H,33,34). The fourth-order valence-corrected chi connectivity index (χ4v) is 3.55. The molecule has 1 N–H and O–H groups in total. The van der Waals surface area contributed by atoms with E-state index in [-0.39, 0.29) is 5.75 Å². The predicted molar refractivity (Wildman–Crippen MR) is 128 cm³/mol. The monoisotopic (exact) mass is 503 g/mol. The van der Waals surface area contributed by atoms with Gasteiger partial charge in [-0.25, -0.2) is 14.8 Å². The summed E-state index contributed by atoms with van der Waals surface area (Å²) in [7, 11) is 0. The van der Waals surface area contributed by atoms with E-state index in [9.17, 15) is 23.1 Å². The van der Waals surface area contributed by atoms with Gasteiger partial charge in [0.05, 0.1) is 0 Å². The molecule has 0 amide bonds. The number of nitrogens with zero attached hydrogens (tertiary/aromatic N) is 3. The minimum atomic E-state index is -4.75. The molecule has 0 fully saturated rings. The van der Waals surface area contributed by atoms with Crippen molar-refractivity contribution in [1.82, 2.24) is 9.97 Å². The zero-order valence-electron chi connectivity index (χ0n) is 20.4. The van der Waals surface area contributed by atoms with Gasteiger partial charge in [0, 0.05) is 30.9 Å². The van der Waals surface area contributed by atoms with E-state index in [0.717, 1.165) is 11.1 Å². The quantitative estimate of drug-likeness (QED) is 0.385. The molecule has 0 saturated carbocycles. The minimum absolute atomic E-state index is 0.289. The molecule has 0 bridgehead atoms. The highest BCUT2D eigenvalue weighted by Crippen LogP contribution is 2.30. The maximum atomic E-state index is 12.5. The molecular formula is C26H28F3N3O4. The Morgan fingerprint density at radius 1 is 0.889 bits per heavy atom. The molecule has 7 nitrogen and oxygen atoms in total. The van der Waals surface area contributed by atoms with Crippen LogP contribution in [0.4, 0.5) is 19.1 Å². The Morgan fingerprint density at radius 3 is 1.94 bits per heavy atom. The Bertz CT molecular complexity index is 1150. The number of aromatic nitrogens is 2. The molecule has 1 heterocycles. The Labute approximate surface area is 207 Å². The zero-order chi connectivity index (χ0) is 26.6. The molecule has 0 spiro atoms. The highest BCUT2D eigenvalue weighted by atomic mass is 19.4. The van der Waals surface area contributed by atoms with Crippen molar-refractivity contribution in [2.24, 2.45) is 0 Å². The van der Waals surface area contributed by atoms with Gasteiger partial charge in [0.15, 0.2) is 5.60 Å². The smallest absolute Gasteiger partial charge is 0.478 e. The number of hydrogen-bond acceptors (Lipinski definition) is 6. The molecule has 10 heteroatoms. The SMILES string of the molecule is CC(C)(Oc1ccc(C(C)(C)CN(Cc2ccc(OC(F)(F)F)cc2)c2ncccn2)cc1)C(=O)O. The van der Waals surface area contributed by atoms with E-state index in [1.807, 2.05) is 30.9 Å². The molecule has 0 radical (unpaired) electrons. The molecule has 3 rings (SSSR count). The van der Waals surface area contributed by atoms with E-state index in [2.05, 4.69) is 14.7 Å². The first-order valence-electron chi connectivity index (χ1n) is 11.1. The fraction of sp³-hybridized carbons (Fsp3) is 0.346. The molecular weight excluding hydrogens is 475 g/mol. The highest BCUT2D eigenvalue weighted by Gasteiger charge is 2.32. The van der Waals surface area contributed by atoms with Gasteiger partial charge in [-0.1, -0.05) is 38.1 Å². The Hall–Kier alpha value is -3.82. The van der Waals surface area contributed by atoms with E-state index in [1.165, 1.54) is 26.0 Å². The Balaban J connectivity index is 1.79. The molecule has 0 aliphatic heterocycles. The molecule has 192 valence electrons. The van der Waals surface area contributed by atoms with Gasteiger partial charge >= 0.3 is 12.3 Å². The number of aliphatic carboxylic acids is 1. The molecule has 3 aromatic rings. The second-order valence-corrected chi connectivity index (χ2v) is 9.42. The second kappa shape index (κ2) is 10.4. The summed E-state index contributed by atoms with van der Waals surface area (Å²) in [5.74, 6) is -0.443. The van der Waals surface area contributed by atoms with Gasteiger partial charge in [0.25, 0.3) is 0 Å². The van der Waals surface area contributed by atoms with Crippen LogP contribution in [-0.2, 0) is 16.8 Å². The van der Waals surface area contributed by atoms with Crippen molar-refractivity contribution in [1.29, 1.82) is 0 Å². The lowest BCUT2D eigenvalue weighted by atomic mass is 9.84. The number of rotatable bonds is 10. The van der Waals surface area contributed by atoms with Crippen molar-refractivity contribution in [3.63, 3.8) is 0 Å². The number of anilines is 1. The Morgan fingerprint density at radius 2 is 1.42 bits per heavy atom. The topological polar surface area (TPSA) is 84.8 Å². The van der Waals surface area contributed by atoms with Gasteiger partial charge < -0.3 is 19.5 Å². The molecule has 0 aliphatic carbocycles. The van der Waals surface area contributed by atoms with Crippen molar-refractivity contribution in [2.75, 3.05) is 11.4 Å². The lowest BCUT2D eigenvalue weighted by Crippen LogP contribution is -2.38. The van der Waals surface area contributed by atoms with Crippen LogP contribution in [0.2, 0.25) is 0 Å². The molecule has 0 unspecified atom stereocenters. The first kappa shape index (κ1) is 26.8. The third-order valence-corrected chi connectivity index (χ3v) is 5.48. The van der Waals surface area contributed by atoms with E-state index in [4.69, 9.17) is 4.74 Å². The number of hydrogen-bond donors (Lipinski definition) is 1. The van der Waals surface area contributed by atoms with E-state index >= 15 is 0 Å². The third-order valence-electron chi connectivity index (χ3n) is 5.48. The van der Waals surface area contributed by atoms with E-state index in [1.54, 1.807) is 42.7 Å². The summed E-state index contributed by atoms with van der Waals surface area (Å²) in [5, 5.41) is 9.28. The van der Waals surface area contributed by atoms with Crippen molar-refractivity contribution < 1.29 is 32.5 Å². The number of carboxylic acids is 1. The highest BCUT2D eigenvalue weighted by molar-refractivity contribution is 5.76. The maximum Gasteiger partial charge on any atom is 0.573 e. The first-order chi connectivity index (χ1) is 16.7. The lowest BCUT2D eigenvalue weighted by Gasteiger charge is -2.33. The van der Waals surface area contributed by atoms with Crippen molar-refractivity contribution in [3.05, 3.63) is 78.1 Å². The fourth-order valence-electron chi connectivity index (χ4n) is 3.55. The largest absolute Gasteiger partial charge is 0.573 e. The van der Waals surface area contributed by atoms with Crippen LogP contribution in [0, 0.1) is 0 Å². The maximum absolute atomic E-state index is 12.5. The number of carboxylic acid groups (broad SMARTS) is 1. The number of carbonyl (C=O) groups is 1. The number of halogens is 3. The summed E-state index contributed by atoms with van der Waals surface area (Å²) in [6, 6.07) is 14.6. The first-order valence-corrected chi connectivity index (χ1v) is 11.1. The van der Waals surface area contributed by atoms with Crippen molar-refractivity contribution >= 4 is 11.9 Å². The van der Waals surface area contributed by atoms with Gasteiger partial charge in [0.2, 0.25) is 5.95 Å². The minimum Gasteiger partial charge on any atom is -0.478 e. The molecule has 0 aliphatic rings. The number of benzene rings is 2. The normalized spacial score (nSPS) is 12.2. The van der Waals surface area contributed by atoms with Crippen LogP contribution >= 0.6 is 0 Å². The van der Waals surface area contributed by atoms with Gasteiger partial charge in [-0.3, -0.25) is 0 Å². The number of ether oxygens (including phenoxy) is 2. The van der Waals surface area contributed by atoms with Crippen LogP contribution < -0.4 is 14.4 Å². The summed E-state index contributed by atoms with van der Waals surface area (Å²) >= 11 is 0. The lowest BCUT2D eigenvalue weighted by molar-refractivity contribution is -0.274. The molecule has 2 aromatic carbocycles. The average Bonchev–Trinajstić information content (AvgIpc) is 2.79. The van der Waals surface area contributed by atoms with E-state index < -0.39 is 23.3 Å².